The molecular formula is C24H28N8S. The Bertz CT molecular complexity index is 1180. The molecule has 8 nitrogen and oxygen atoms in total. The molecule has 3 aromatic rings. The van der Waals surface area contributed by atoms with Crippen LogP contribution in [0.4, 0.5) is 5.82 Å². The molecule has 0 radical (unpaired) electrons. The lowest BCUT2D eigenvalue weighted by molar-refractivity contribution is 0.193. The highest BCUT2D eigenvalue weighted by molar-refractivity contribution is 7.71. The number of para-hydroxylation sites is 1. The molecule has 2 saturated heterocycles. The van der Waals surface area contributed by atoms with E-state index in [1.165, 1.54) is 12.8 Å². The average molecular weight is 461 g/mol. The van der Waals surface area contributed by atoms with Gasteiger partial charge in [-0.15, -0.1) is 0 Å². The molecule has 33 heavy (non-hydrogen) atoms. The van der Waals surface area contributed by atoms with Gasteiger partial charge in [-0.2, -0.15) is 10.4 Å². The van der Waals surface area contributed by atoms with Crippen molar-refractivity contribution >= 4 is 18.0 Å². The van der Waals surface area contributed by atoms with Crippen LogP contribution in [0.3, 0.4) is 0 Å². The van der Waals surface area contributed by atoms with E-state index in [-0.39, 0.29) is 0 Å². The maximum atomic E-state index is 9.39. The van der Waals surface area contributed by atoms with Crippen molar-refractivity contribution in [2.75, 3.05) is 44.2 Å². The zero-order valence-corrected chi connectivity index (χ0v) is 19.5. The predicted octanol–water partition coefficient (Wildman–Crippen LogP) is 3.05. The van der Waals surface area contributed by atoms with Crippen molar-refractivity contribution in [3.63, 3.8) is 0 Å². The molecule has 0 atom stereocenters. The van der Waals surface area contributed by atoms with Crippen molar-refractivity contribution in [1.82, 2.24) is 29.1 Å². The Morgan fingerprint density at radius 2 is 1.67 bits per heavy atom. The van der Waals surface area contributed by atoms with Crippen LogP contribution in [0, 0.1) is 16.1 Å². The standard InChI is InChI=1S/C24H28N8S/c25-17-20-7-6-10-26-23(20)30-15-13-29(14-16-30)19-31-24(33)32(21-8-2-1-3-9-21)22(27-31)18-28-11-4-5-12-28/h1-3,6-10H,4-5,11-16,18-19H2. The van der Waals surface area contributed by atoms with Crippen molar-refractivity contribution in [2.24, 2.45) is 0 Å². The predicted molar refractivity (Wildman–Crippen MR) is 130 cm³/mol. The molecule has 0 aliphatic carbocycles. The monoisotopic (exact) mass is 460 g/mol. The molecule has 0 bridgehead atoms. The van der Waals surface area contributed by atoms with Gasteiger partial charge in [-0.1, -0.05) is 18.2 Å². The minimum absolute atomic E-state index is 0.626. The van der Waals surface area contributed by atoms with Crippen molar-refractivity contribution in [3.05, 3.63) is 64.8 Å². The molecule has 9 heteroatoms. The molecule has 0 spiro atoms. The molecule has 0 unspecified atom stereocenters. The van der Waals surface area contributed by atoms with Crippen LogP contribution in [0.1, 0.15) is 24.2 Å². The first-order valence-corrected chi connectivity index (χ1v) is 11.9. The van der Waals surface area contributed by atoms with Gasteiger partial charge in [0.15, 0.2) is 5.82 Å². The first kappa shape index (κ1) is 21.8. The van der Waals surface area contributed by atoms with Gasteiger partial charge in [0.05, 0.1) is 18.8 Å². The number of anilines is 1. The summed E-state index contributed by atoms with van der Waals surface area (Å²) in [6.07, 6.45) is 4.25. The summed E-state index contributed by atoms with van der Waals surface area (Å²) in [6, 6.07) is 16.2. The van der Waals surface area contributed by atoms with Crippen molar-refractivity contribution in [3.8, 4) is 11.8 Å². The fourth-order valence-corrected chi connectivity index (χ4v) is 4.96. The van der Waals surface area contributed by atoms with Gasteiger partial charge in [-0.3, -0.25) is 14.4 Å². The summed E-state index contributed by atoms with van der Waals surface area (Å²) >= 11 is 5.90. The summed E-state index contributed by atoms with van der Waals surface area (Å²) < 4.78 is 4.82. The summed E-state index contributed by atoms with van der Waals surface area (Å²) in [5, 5.41) is 14.4. The van der Waals surface area contributed by atoms with Gasteiger partial charge in [-0.25, -0.2) is 9.67 Å². The molecule has 170 valence electrons. The van der Waals surface area contributed by atoms with Gasteiger partial charge in [0.1, 0.15) is 11.9 Å². The third-order valence-electron chi connectivity index (χ3n) is 6.40. The smallest absolute Gasteiger partial charge is 0.203 e. The van der Waals surface area contributed by atoms with Gasteiger partial charge in [0.25, 0.3) is 0 Å². The highest BCUT2D eigenvalue weighted by Gasteiger charge is 2.23. The maximum absolute atomic E-state index is 9.39. The van der Waals surface area contributed by atoms with E-state index in [2.05, 4.69) is 42.5 Å². The highest BCUT2D eigenvalue weighted by atomic mass is 32.1. The molecule has 2 fully saturated rings. The van der Waals surface area contributed by atoms with Crippen LogP contribution in [-0.4, -0.2) is 68.4 Å². The van der Waals surface area contributed by atoms with E-state index in [1.54, 1.807) is 6.20 Å². The fraction of sp³-hybridized carbons (Fsp3) is 0.417. The van der Waals surface area contributed by atoms with Crippen LogP contribution in [-0.2, 0) is 13.2 Å². The van der Waals surface area contributed by atoms with Crippen molar-refractivity contribution in [2.45, 2.75) is 26.1 Å². The molecule has 2 aliphatic rings. The van der Waals surface area contributed by atoms with E-state index >= 15 is 0 Å². The highest BCUT2D eigenvalue weighted by Crippen LogP contribution is 2.20. The van der Waals surface area contributed by atoms with Gasteiger partial charge in [0.2, 0.25) is 4.77 Å². The Labute approximate surface area is 199 Å². The van der Waals surface area contributed by atoms with Gasteiger partial charge >= 0.3 is 0 Å². The van der Waals surface area contributed by atoms with Crippen LogP contribution in [0.5, 0.6) is 0 Å². The average Bonchev–Trinajstić information content (AvgIpc) is 3.48. The van der Waals surface area contributed by atoms with Crippen LogP contribution >= 0.6 is 12.2 Å². The van der Waals surface area contributed by atoms with E-state index in [0.29, 0.717) is 12.2 Å². The number of rotatable bonds is 6. The van der Waals surface area contributed by atoms with Crippen LogP contribution in [0.2, 0.25) is 0 Å². The van der Waals surface area contributed by atoms with Crippen LogP contribution in [0.15, 0.2) is 48.7 Å². The summed E-state index contributed by atoms with van der Waals surface area (Å²) in [5.74, 6) is 1.77. The molecule has 4 heterocycles. The number of nitrogens with zero attached hydrogens (tertiary/aromatic N) is 8. The molecular weight excluding hydrogens is 432 g/mol. The molecule has 0 saturated carbocycles. The van der Waals surface area contributed by atoms with Crippen LogP contribution < -0.4 is 4.90 Å². The molecule has 1 aromatic carbocycles. The molecule has 2 aromatic heterocycles. The van der Waals surface area contributed by atoms with Gasteiger partial charge < -0.3 is 4.90 Å². The Balaban J connectivity index is 1.33. The fourth-order valence-electron chi connectivity index (χ4n) is 4.65. The van der Waals surface area contributed by atoms with Crippen LogP contribution in [0.25, 0.3) is 5.69 Å². The lowest BCUT2D eigenvalue weighted by atomic mass is 10.2. The number of hydrogen-bond donors (Lipinski definition) is 0. The number of benzene rings is 1. The number of piperazine rings is 1. The Hall–Kier alpha value is -3.06. The van der Waals surface area contributed by atoms with E-state index in [1.807, 2.05) is 35.0 Å². The number of aromatic nitrogens is 4. The third kappa shape index (κ3) is 4.69. The molecule has 5 rings (SSSR count). The lowest BCUT2D eigenvalue weighted by Gasteiger charge is -2.35. The normalized spacial score (nSPS) is 17.4. The van der Waals surface area contributed by atoms with E-state index in [4.69, 9.17) is 17.3 Å². The van der Waals surface area contributed by atoms with Crippen molar-refractivity contribution < 1.29 is 0 Å². The second-order valence-electron chi connectivity index (χ2n) is 8.59. The third-order valence-corrected chi connectivity index (χ3v) is 6.79. The summed E-state index contributed by atoms with van der Waals surface area (Å²) in [4.78, 5) is 11.4. The van der Waals surface area contributed by atoms with E-state index in [0.717, 1.165) is 67.9 Å². The van der Waals surface area contributed by atoms with Gasteiger partial charge in [-0.05, 0) is 62.4 Å². The Kier molecular flexibility index (Phi) is 6.48. The number of hydrogen-bond acceptors (Lipinski definition) is 7. The second kappa shape index (κ2) is 9.83. The molecule has 0 amide bonds. The zero-order chi connectivity index (χ0) is 22.6. The second-order valence-corrected chi connectivity index (χ2v) is 8.95. The minimum Gasteiger partial charge on any atom is -0.353 e. The maximum Gasteiger partial charge on any atom is 0.203 e. The Morgan fingerprint density at radius 1 is 0.909 bits per heavy atom. The van der Waals surface area contributed by atoms with Crippen molar-refractivity contribution in [1.29, 1.82) is 5.26 Å². The first-order valence-electron chi connectivity index (χ1n) is 11.5. The number of likely N-dealkylation sites (tertiary alicyclic amines) is 1. The summed E-state index contributed by atoms with van der Waals surface area (Å²) in [7, 11) is 0. The molecule has 2 aliphatic heterocycles. The summed E-state index contributed by atoms with van der Waals surface area (Å²) in [5.41, 5.74) is 1.69. The Morgan fingerprint density at radius 3 is 2.39 bits per heavy atom. The number of pyridine rings is 1. The molecule has 0 N–H and O–H groups in total. The largest absolute Gasteiger partial charge is 0.353 e. The SMILES string of the molecule is N#Cc1cccnc1N1CCN(Cn2nc(CN3CCCC3)n(-c3ccccc3)c2=S)CC1. The lowest BCUT2D eigenvalue weighted by Crippen LogP contribution is -2.47. The van der Waals surface area contributed by atoms with E-state index < -0.39 is 0 Å². The van der Waals surface area contributed by atoms with Gasteiger partial charge in [0, 0.05) is 38.1 Å². The zero-order valence-electron chi connectivity index (χ0n) is 18.7. The minimum atomic E-state index is 0.626. The topological polar surface area (TPSA) is 69.2 Å². The number of nitriles is 1. The first-order chi connectivity index (χ1) is 16.2. The quantitative estimate of drug-likeness (QED) is 0.524. The van der Waals surface area contributed by atoms with E-state index in [9.17, 15) is 5.26 Å². The summed E-state index contributed by atoms with van der Waals surface area (Å²) in [6.45, 7) is 7.08.